The van der Waals surface area contributed by atoms with Crippen LogP contribution >= 0.6 is 0 Å². The molecular weight excluding hydrogens is 348 g/mol. The lowest BCUT2D eigenvalue weighted by atomic mass is 9.80. The molecule has 148 valence electrons. The standard InChI is InChI=1S/C20H28N2O5/c1-2-3-12-21-19(26)20(10-5-4-6-11-20)22-18(25)15-8-7-9-16(13-15)27-14-17(23)24/h7-9,13H,2-6,10-12,14H2,1H3,(H,21,26)(H,22,25)(H,23,24). The molecule has 1 saturated carbocycles. The lowest BCUT2D eigenvalue weighted by molar-refractivity contribution is -0.139. The molecule has 3 N–H and O–H groups in total. The van der Waals surface area contributed by atoms with E-state index in [4.69, 9.17) is 9.84 Å². The van der Waals surface area contributed by atoms with E-state index >= 15 is 0 Å². The number of hydrogen-bond acceptors (Lipinski definition) is 4. The maximum absolute atomic E-state index is 12.8. The molecule has 1 aromatic rings. The summed E-state index contributed by atoms with van der Waals surface area (Å²) < 4.78 is 5.13. The van der Waals surface area contributed by atoms with E-state index in [0.717, 1.165) is 32.1 Å². The SMILES string of the molecule is CCCCNC(=O)C1(NC(=O)c2cccc(OCC(=O)O)c2)CCCCC1. The summed E-state index contributed by atoms with van der Waals surface area (Å²) in [6.07, 6.45) is 5.96. The van der Waals surface area contributed by atoms with Gasteiger partial charge in [-0.1, -0.05) is 38.7 Å². The number of carboxylic acid groups (broad SMARTS) is 1. The summed E-state index contributed by atoms with van der Waals surface area (Å²) in [7, 11) is 0. The van der Waals surface area contributed by atoms with Gasteiger partial charge in [0.2, 0.25) is 5.91 Å². The maximum atomic E-state index is 12.8. The maximum Gasteiger partial charge on any atom is 0.341 e. The molecule has 0 spiro atoms. The number of benzene rings is 1. The van der Waals surface area contributed by atoms with Crippen molar-refractivity contribution < 1.29 is 24.2 Å². The summed E-state index contributed by atoms with van der Waals surface area (Å²) in [5.41, 5.74) is -0.551. The first-order valence-corrected chi connectivity index (χ1v) is 9.52. The van der Waals surface area contributed by atoms with Crippen LogP contribution in [-0.2, 0) is 9.59 Å². The Morgan fingerprint density at radius 1 is 1.19 bits per heavy atom. The highest BCUT2D eigenvalue weighted by Gasteiger charge is 2.40. The Hall–Kier alpha value is -2.57. The minimum atomic E-state index is -1.09. The minimum absolute atomic E-state index is 0.123. The Balaban J connectivity index is 2.10. The number of nitrogens with one attached hydrogen (secondary N) is 2. The van der Waals surface area contributed by atoms with Gasteiger partial charge in [0.25, 0.3) is 5.91 Å². The van der Waals surface area contributed by atoms with E-state index in [1.54, 1.807) is 18.2 Å². The summed E-state index contributed by atoms with van der Waals surface area (Å²) in [5, 5.41) is 14.6. The number of rotatable bonds is 9. The van der Waals surface area contributed by atoms with Crippen LogP contribution in [0.15, 0.2) is 24.3 Å². The number of unbranched alkanes of at least 4 members (excludes halogenated alkanes) is 1. The molecule has 1 aliphatic rings. The molecule has 0 saturated heterocycles. The summed E-state index contributed by atoms with van der Waals surface area (Å²) in [5.74, 6) is -1.27. The van der Waals surface area contributed by atoms with Gasteiger partial charge in [-0.2, -0.15) is 0 Å². The molecule has 2 rings (SSSR count). The Kier molecular flexibility index (Phi) is 7.64. The molecule has 2 amide bonds. The predicted molar refractivity (Wildman–Crippen MR) is 101 cm³/mol. The Morgan fingerprint density at radius 2 is 1.93 bits per heavy atom. The highest BCUT2D eigenvalue weighted by Crippen LogP contribution is 2.29. The van der Waals surface area contributed by atoms with Gasteiger partial charge < -0.3 is 20.5 Å². The molecule has 0 heterocycles. The third-order valence-electron chi connectivity index (χ3n) is 4.77. The van der Waals surface area contributed by atoms with Crippen LogP contribution in [0.5, 0.6) is 5.75 Å². The lowest BCUT2D eigenvalue weighted by Crippen LogP contribution is -2.59. The third kappa shape index (κ3) is 5.98. The molecule has 27 heavy (non-hydrogen) atoms. The van der Waals surface area contributed by atoms with E-state index < -0.39 is 18.1 Å². The number of amides is 2. The van der Waals surface area contributed by atoms with E-state index in [-0.39, 0.29) is 11.8 Å². The fourth-order valence-electron chi connectivity index (χ4n) is 3.27. The van der Waals surface area contributed by atoms with Gasteiger partial charge >= 0.3 is 5.97 Å². The fraction of sp³-hybridized carbons (Fsp3) is 0.550. The number of aliphatic carboxylic acids is 1. The van der Waals surface area contributed by atoms with Crippen molar-refractivity contribution in [3.8, 4) is 5.75 Å². The smallest absolute Gasteiger partial charge is 0.341 e. The van der Waals surface area contributed by atoms with Crippen LogP contribution in [0, 0.1) is 0 Å². The predicted octanol–water partition coefficient (Wildman–Crippen LogP) is 2.50. The quantitative estimate of drug-likeness (QED) is 0.574. The number of ether oxygens (including phenoxy) is 1. The van der Waals surface area contributed by atoms with Crippen LogP contribution in [0.2, 0.25) is 0 Å². The minimum Gasteiger partial charge on any atom is -0.482 e. The molecule has 1 aliphatic carbocycles. The zero-order chi connectivity index (χ0) is 19.7. The van der Waals surface area contributed by atoms with Crippen LogP contribution < -0.4 is 15.4 Å². The number of carbonyl (C=O) groups is 3. The topological polar surface area (TPSA) is 105 Å². The first kappa shape index (κ1) is 20.7. The van der Waals surface area contributed by atoms with Crippen LogP contribution in [0.4, 0.5) is 0 Å². The van der Waals surface area contributed by atoms with Crippen molar-refractivity contribution in [3.63, 3.8) is 0 Å². The van der Waals surface area contributed by atoms with Gasteiger partial charge in [0, 0.05) is 12.1 Å². The van der Waals surface area contributed by atoms with Gasteiger partial charge in [0.05, 0.1) is 0 Å². The van der Waals surface area contributed by atoms with Crippen LogP contribution in [0.1, 0.15) is 62.2 Å². The van der Waals surface area contributed by atoms with Gasteiger partial charge in [-0.25, -0.2) is 4.79 Å². The lowest BCUT2D eigenvalue weighted by Gasteiger charge is -2.36. The Morgan fingerprint density at radius 3 is 2.59 bits per heavy atom. The normalized spacial score (nSPS) is 15.6. The second kappa shape index (κ2) is 9.94. The van der Waals surface area contributed by atoms with Gasteiger partial charge in [0.15, 0.2) is 6.61 Å². The molecule has 0 aliphatic heterocycles. The van der Waals surface area contributed by atoms with Crippen molar-refractivity contribution in [2.24, 2.45) is 0 Å². The van der Waals surface area contributed by atoms with Crippen molar-refractivity contribution in [1.29, 1.82) is 0 Å². The van der Waals surface area contributed by atoms with Gasteiger partial charge in [-0.3, -0.25) is 9.59 Å². The first-order valence-electron chi connectivity index (χ1n) is 9.52. The van der Waals surface area contributed by atoms with Gasteiger partial charge in [-0.15, -0.1) is 0 Å². The fourth-order valence-corrected chi connectivity index (χ4v) is 3.27. The average Bonchev–Trinajstić information content (AvgIpc) is 2.67. The third-order valence-corrected chi connectivity index (χ3v) is 4.77. The van der Waals surface area contributed by atoms with E-state index in [1.165, 1.54) is 6.07 Å². The summed E-state index contributed by atoms with van der Waals surface area (Å²) in [4.78, 5) is 36.2. The molecule has 1 fully saturated rings. The highest BCUT2D eigenvalue weighted by atomic mass is 16.5. The van der Waals surface area contributed by atoms with E-state index in [9.17, 15) is 14.4 Å². The van der Waals surface area contributed by atoms with Gasteiger partial charge in [-0.05, 0) is 37.5 Å². The number of carboxylic acids is 1. The molecular formula is C20H28N2O5. The molecule has 0 unspecified atom stereocenters. The van der Waals surface area contributed by atoms with Crippen LogP contribution in [0.3, 0.4) is 0 Å². The van der Waals surface area contributed by atoms with Crippen molar-refractivity contribution in [1.82, 2.24) is 10.6 Å². The summed E-state index contributed by atoms with van der Waals surface area (Å²) in [6.45, 7) is 2.18. The highest BCUT2D eigenvalue weighted by molar-refractivity contribution is 5.99. The second-order valence-corrected chi connectivity index (χ2v) is 6.92. The van der Waals surface area contributed by atoms with Crippen molar-refractivity contribution in [2.45, 2.75) is 57.4 Å². The number of carbonyl (C=O) groups excluding carboxylic acids is 2. The van der Waals surface area contributed by atoms with E-state index in [2.05, 4.69) is 17.6 Å². The Bertz CT molecular complexity index is 668. The molecule has 7 heteroatoms. The Labute approximate surface area is 159 Å². The monoisotopic (exact) mass is 376 g/mol. The zero-order valence-corrected chi connectivity index (χ0v) is 15.8. The molecule has 0 aromatic heterocycles. The first-order chi connectivity index (χ1) is 13.0. The average molecular weight is 376 g/mol. The zero-order valence-electron chi connectivity index (χ0n) is 15.8. The molecule has 7 nitrogen and oxygen atoms in total. The van der Waals surface area contributed by atoms with Crippen molar-refractivity contribution >= 4 is 17.8 Å². The van der Waals surface area contributed by atoms with E-state index in [1.807, 2.05) is 0 Å². The van der Waals surface area contributed by atoms with Crippen LogP contribution in [-0.4, -0.2) is 41.6 Å². The number of hydrogen-bond donors (Lipinski definition) is 3. The molecule has 0 radical (unpaired) electrons. The van der Waals surface area contributed by atoms with Gasteiger partial charge in [0.1, 0.15) is 11.3 Å². The summed E-state index contributed by atoms with van der Waals surface area (Å²) >= 11 is 0. The van der Waals surface area contributed by atoms with Crippen molar-refractivity contribution in [3.05, 3.63) is 29.8 Å². The largest absolute Gasteiger partial charge is 0.482 e. The molecule has 1 aromatic carbocycles. The summed E-state index contributed by atoms with van der Waals surface area (Å²) in [6, 6.07) is 6.33. The van der Waals surface area contributed by atoms with E-state index in [0.29, 0.717) is 30.7 Å². The molecule has 0 atom stereocenters. The molecule has 0 bridgehead atoms. The van der Waals surface area contributed by atoms with Crippen molar-refractivity contribution in [2.75, 3.05) is 13.2 Å². The second-order valence-electron chi connectivity index (χ2n) is 6.92. The van der Waals surface area contributed by atoms with Crippen LogP contribution in [0.25, 0.3) is 0 Å².